The van der Waals surface area contributed by atoms with Crippen molar-refractivity contribution in [2.24, 2.45) is 0 Å². The molecule has 0 saturated carbocycles. The first-order valence-corrected chi connectivity index (χ1v) is 12.1. The van der Waals surface area contributed by atoms with Gasteiger partial charge in [-0.05, 0) is 75.4 Å². The Hall–Kier alpha value is -3.39. The Morgan fingerprint density at radius 2 is 1.97 bits per heavy atom. The van der Waals surface area contributed by atoms with E-state index in [0.29, 0.717) is 22.7 Å². The van der Waals surface area contributed by atoms with Crippen LogP contribution < -0.4 is 10.1 Å². The lowest BCUT2D eigenvalue weighted by molar-refractivity contribution is -0.115. The Balaban J connectivity index is 1.52. The molecule has 1 amide bonds. The quantitative estimate of drug-likeness (QED) is 0.328. The van der Waals surface area contributed by atoms with Crippen molar-refractivity contribution in [3.63, 3.8) is 0 Å². The molecule has 0 fully saturated rings. The van der Waals surface area contributed by atoms with Crippen molar-refractivity contribution >= 4 is 34.3 Å². The second kappa shape index (κ2) is 9.46. The number of aromatic nitrogens is 3. The first kappa shape index (κ1) is 23.8. The zero-order valence-corrected chi connectivity index (χ0v) is 20.7. The zero-order valence-electron chi connectivity index (χ0n) is 19.8. The molecule has 2 aromatic carbocycles. The van der Waals surface area contributed by atoms with E-state index in [-0.39, 0.29) is 17.9 Å². The topological polar surface area (TPSA) is 69.0 Å². The van der Waals surface area contributed by atoms with E-state index in [0.717, 1.165) is 21.4 Å². The smallest absolute Gasteiger partial charge is 0.228 e. The molecule has 8 heteroatoms. The van der Waals surface area contributed by atoms with Gasteiger partial charge in [0.05, 0.1) is 29.4 Å². The number of ether oxygens (including phenoxy) is 1. The number of benzene rings is 2. The third-order valence-electron chi connectivity index (χ3n) is 5.38. The SMILES string of the molecule is CSc1ccc2nccc(Oc3cc(F)c(CC(=O)Nc4cnn(C(C)(C)C)c4)cc3C)c2c1. The van der Waals surface area contributed by atoms with E-state index in [1.165, 1.54) is 6.07 Å². The Morgan fingerprint density at radius 3 is 2.68 bits per heavy atom. The molecule has 2 heterocycles. The highest BCUT2D eigenvalue weighted by atomic mass is 32.2. The molecule has 4 rings (SSSR count). The minimum Gasteiger partial charge on any atom is -0.456 e. The van der Waals surface area contributed by atoms with Gasteiger partial charge in [0, 0.05) is 28.7 Å². The number of aryl methyl sites for hydroxylation is 1. The Morgan fingerprint density at radius 1 is 1.18 bits per heavy atom. The second-order valence-electron chi connectivity index (χ2n) is 9.07. The van der Waals surface area contributed by atoms with Gasteiger partial charge in [0.25, 0.3) is 0 Å². The van der Waals surface area contributed by atoms with E-state index in [1.807, 2.05) is 52.1 Å². The molecule has 0 atom stereocenters. The second-order valence-corrected chi connectivity index (χ2v) is 9.95. The molecule has 0 bridgehead atoms. The van der Waals surface area contributed by atoms with Crippen LogP contribution >= 0.6 is 11.8 Å². The number of halogens is 1. The summed E-state index contributed by atoms with van der Waals surface area (Å²) >= 11 is 1.63. The fourth-order valence-electron chi connectivity index (χ4n) is 3.54. The van der Waals surface area contributed by atoms with E-state index in [1.54, 1.807) is 47.2 Å². The summed E-state index contributed by atoms with van der Waals surface area (Å²) in [7, 11) is 0. The first-order valence-electron chi connectivity index (χ1n) is 10.9. The molecule has 6 nitrogen and oxygen atoms in total. The number of anilines is 1. The Labute approximate surface area is 202 Å². The summed E-state index contributed by atoms with van der Waals surface area (Å²) in [5.74, 6) is 0.189. The van der Waals surface area contributed by atoms with Gasteiger partial charge in [0.2, 0.25) is 5.91 Å². The van der Waals surface area contributed by atoms with Gasteiger partial charge < -0.3 is 10.1 Å². The molecule has 0 saturated heterocycles. The summed E-state index contributed by atoms with van der Waals surface area (Å²) in [6.45, 7) is 7.89. The van der Waals surface area contributed by atoms with Crippen molar-refractivity contribution in [1.82, 2.24) is 14.8 Å². The molecule has 2 aromatic heterocycles. The van der Waals surface area contributed by atoms with Crippen LogP contribution in [0.3, 0.4) is 0 Å². The minimum absolute atomic E-state index is 0.0943. The van der Waals surface area contributed by atoms with E-state index in [4.69, 9.17) is 4.74 Å². The van der Waals surface area contributed by atoms with Gasteiger partial charge >= 0.3 is 0 Å². The maximum absolute atomic E-state index is 14.9. The van der Waals surface area contributed by atoms with Crippen LogP contribution in [0.5, 0.6) is 11.5 Å². The number of hydrogen-bond acceptors (Lipinski definition) is 5. The van der Waals surface area contributed by atoms with Crippen molar-refractivity contribution < 1.29 is 13.9 Å². The third kappa shape index (κ3) is 5.22. The summed E-state index contributed by atoms with van der Waals surface area (Å²) in [6, 6.07) is 10.7. The summed E-state index contributed by atoms with van der Waals surface area (Å²) in [4.78, 5) is 18.0. The van der Waals surface area contributed by atoms with E-state index >= 15 is 0 Å². The molecule has 4 aromatic rings. The van der Waals surface area contributed by atoms with Gasteiger partial charge in [-0.25, -0.2) is 4.39 Å². The summed E-state index contributed by atoms with van der Waals surface area (Å²) in [5, 5.41) is 7.91. The number of pyridine rings is 1. The molecule has 0 aliphatic carbocycles. The van der Waals surface area contributed by atoms with Crippen LogP contribution in [0.15, 0.2) is 59.9 Å². The first-order chi connectivity index (χ1) is 16.1. The number of amides is 1. The highest BCUT2D eigenvalue weighted by molar-refractivity contribution is 7.98. The lowest BCUT2D eigenvalue weighted by Crippen LogP contribution is -2.22. The number of nitrogens with zero attached hydrogens (tertiary/aromatic N) is 3. The molecule has 0 spiro atoms. The van der Waals surface area contributed by atoms with Gasteiger partial charge in [-0.3, -0.25) is 14.5 Å². The van der Waals surface area contributed by atoms with Crippen molar-refractivity contribution in [3.05, 3.63) is 71.9 Å². The van der Waals surface area contributed by atoms with Crippen molar-refractivity contribution in [3.8, 4) is 11.5 Å². The van der Waals surface area contributed by atoms with Crippen LogP contribution in [-0.4, -0.2) is 26.9 Å². The van der Waals surface area contributed by atoms with Gasteiger partial charge in [0.1, 0.15) is 17.3 Å². The number of hydrogen-bond donors (Lipinski definition) is 1. The molecule has 34 heavy (non-hydrogen) atoms. The van der Waals surface area contributed by atoms with Crippen molar-refractivity contribution in [1.29, 1.82) is 0 Å². The lowest BCUT2D eigenvalue weighted by atomic mass is 10.1. The highest BCUT2D eigenvalue weighted by Gasteiger charge is 2.17. The molecule has 0 aliphatic heterocycles. The fourth-order valence-corrected chi connectivity index (χ4v) is 3.98. The van der Waals surface area contributed by atoms with E-state index < -0.39 is 5.82 Å². The molecule has 176 valence electrons. The van der Waals surface area contributed by atoms with Gasteiger partial charge in [-0.1, -0.05) is 0 Å². The highest BCUT2D eigenvalue weighted by Crippen LogP contribution is 2.33. The van der Waals surface area contributed by atoms with Gasteiger partial charge in [0.15, 0.2) is 0 Å². The summed E-state index contributed by atoms with van der Waals surface area (Å²) in [5.41, 5.74) is 2.22. The average molecular weight is 479 g/mol. The van der Waals surface area contributed by atoms with Crippen molar-refractivity contribution in [2.75, 3.05) is 11.6 Å². The lowest BCUT2D eigenvalue weighted by Gasteiger charge is -2.18. The van der Waals surface area contributed by atoms with Gasteiger partial charge in [-0.15, -0.1) is 11.8 Å². The number of nitrogens with one attached hydrogen (secondary N) is 1. The number of fused-ring (bicyclic) bond motifs is 1. The van der Waals surface area contributed by atoms with Crippen LogP contribution in [0.25, 0.3) is 10.9 Å². The molecule has 0 aliphatic rings. The Kier molecular flexibility index (Phi) is 6.61. The maximum Gasteiger partial charge on any atom is 0.228 e. The van der Waals surface area contributed by atoms with Crippen LogP contribution in [0.4, 0.5) is 10.1 Å². The van der Waals surface area contributed by atoms with Crippen LogP contribution in [0.1, 0.15) is 31.9 Å². The molecule has 0 unspecified atom stereocenters. The van der Waals surface area contributed by atoms with E-state index in [9.17, 15) is 9.18 Å². The fraction of sp³-hybridized carbons (Fsp3) is 0.269. The molecule has 1 N–H and O–H groups in total. The molecular formula is C26H27FN4O2S. The monoisotopic (exact) mass is 478 g/mol. The van der Waals surface area contributed by atoms with Gasteiger partial charge in [-0.2, -0.15) is 5.10 Å². The maximum atomic E-state index is 14.9. The van der Waals surface area contributed by atoms with Crippen LogP contribution in [-0.2, 0) is 16.8 Å². The number of thioether (sulfide) groups is 1. The number of rotatable bonds is 6. The predicted octanol–water partition coefficient (Wildman–Crippen LogP) is 6.33. The van der Waals surface area contributed by atoms with Crippen LogP contribution in [0, 0.1) is 12.7 Å². The summed E-state index contributed by atoms with van der Waals surface area (Å²) < 4.78 is 22.8. The average Bonchev–Trinajstić information content (AvgIpc) is 3.26. The molecule has 0 radical (unpaired) electrons. The molecular weight excluding hydrogens is 451 g/mol. The zero-order chi connectivity index (χ0) is 24.5. The Bertz CT molecular complexity index is 1360. The van der Waals surface area contributed by atoms with Crippen LogP contribution in [0.2, 0.25) is 0 Å². The third-order valence-corrected chi connectivity index (χ3v) is 6.10. The standard InChI is InChI=1S/C26H27FN4O2S/c1-16-10-17(11-25(32)30-18-14-29-31(15-18)26(2,3)4)21(27)13-24(16)33-23-8-9-28-22-7-6-19(34-5)12-20(22)23/h6-10,12-15H,11H2,1-5H3,(H,30,32). The van der Waals surface area contributed by atoms with Crippen molar-refractivity contribution in [2.45, 2.75) is 44.6 Å². The number of carbonyl (C=O) groups is 1. The predicted molar refractivity (Wildman–Crippen MR) is 134 cm³/mol. The summed E-state index contributed by atoms with van der Waals surface area (Å²) in [6.07, 6.45) is 6.93. The normalized spacial score (nSPS) is 11.6. The minimum atomic E-state index is -0.496. The largest absolute Gasteiger partial charge is 0.456 e. The van der Waals surface area contributed by atoms with E-state index in [2.05, 4.69) is 15.4 Å². The number of carbonyl (C=O) groups excluding carboxylic acids is 1.